The van der Waals surface area contributed by atoms with Gasteiger partial charge in [-0.05, 0) is 37.6 Å². The molecule has 0 aliphatic heterocycles. The van der Waals surface area contributed by atoms with E-state index in [9.17, 15) is 5.26 Å². The number of nitrogens with one attached hydrogen (secondary N) is 1. The van der Waals surface area contributed by atoms with E-state index in [0.717, 1.165) is 16.5 Å². The van der Waals surface area contributed by atoms with Gasteiger partial charge in [0.1, 0.15) is 6.04 Å². The van der Waals surface area contributed by atoms with Crippen molar-refractivity contribution in [3.8, 4) is 6.07 Å². The third-order valence-electron chi connectivity index (χ3n) is 2.59. The van der Waals surface area contributed by atoms with Crippen molar-refractivity contribution in [3.63, 3.8) is 0 Å². The van der Waals surface area contributed by atoms with Crippen molar-refractivity contribution < 1.29 is 0 Å². The van der Waals surface area contributed by atoms with Gasteiger partial charge in [-0.15, -0.1) is 0 Å². The quantitative estimate of drug-likeness (QED) is 0.873. The molecule has 0 saturated heterocycles. The van der Waals surface area contributed by atoms with Gasteiger partial charge in [0.05, 0.1) is 11.6 Å². The summed E-state index contributed by atoms with van der Waals surface area (Å²) in [6.07, 6.45) is 1.77. The monoisotopic (exact) mass is 225 g/mol. The van der Waals surface area contributed by atoms with Crippen LogP contribution in [-0.2, 0) is 0 Å². The van der Waals surface area contributed by atoms with Gasteiger partial charge in [0, 0.05) is 17.6 Å². The summed E-state index contributed by atoms with van der Waals surface area (Å²) >= 11 is 0. The minimum absolute atomic E-state index is 0.264. The minimum Gasteiger partial charge on any atom is -0.296 e. The Labute approximate surface area is 101 Å². The molecule has 1 N–H and O–H groups in total. The summed E-state index contributed by atoms with van der Waals surface area (Å²) in [5.41, 5.74) is 1.94. The predicted molar refractivity (Wildman–Crippen MR) is 68.4 cm³/mol. The first-order valence-corrected chi connectivity index (χ1v) is 5.71. The topological polar surface area (TPSA) is 48.7 Å². The largest absolute Gasteiger partial charge is 0.296 e. The molecule has 1 unspecified atom stereocenters. The van der Waals surface area contributed by atoms with E-state index in [0.29, 0.717) is 0 Å². The second-order valence-corrected chi connectivity index (χ2v) is 4.34. The number of nitrogens with zero attached hydrogens (tertiary/aromatic N) is 2. The number of nitriles is 1. The SMILES string of the molecule is CC(C)NC(C#N)c1ccc2ncccc2c1. The van der Waals surface area contributed by atoms with Crippen LogP contribution in [0.5, 0.6) is 0 Å². The van der Waals surface area contributed by atoms with E-state index in [1.165, 1.54) is 0 Å². The molecule has 2 aromatic rings. The van der Waals surface area contributed by atoms with E-state index in [1.807, 2.05) is 44.2 Å². The fourth-order valence-electron chi connectivity index (χ4n) is 1.82. The average Bonchev–Trinajstić information content (AvgIpc) is 2.35. The van der Waals surface area contributed by atoms with Crippen LogP contribution in [0, 0.1) is 11.3 Å². The number of rotatable bonds is 3. The van der Waals surface area contributed by atoms with Crippen molar-refractivity contribution in [2.24, 2.45) is 0 Å². The summed E-state index contributed by atoms with van der Waals surface area (Å²) < 4.78 is 0. The highest BCUT2D eigenvalue weighted by molar-refractivity contribution is 5.79. The van der Waals surface area contributed by atoms with E-state index in [2.05, 4.69) is 16.4 Å². The minimum atomic E-state index is -0.264. The summed E-state index contributed by atoms with van der Waals surface area (Å²) in [6.45, 7) is 4.07. The van der Waals surface area contributed by atoms with Crippen molar-refractivity contribution in [2.75, 3.05) is 0 Å². The number of pyridine rings is 1. The van der Waals surface area contributed by atoms with Crippen molar-refractivity contribution in [1.29, 1.82) is 5.26 Å². The lowest BCUT2D eigenvalue weighted by Crippen LogP contribution is -2.27. The van der Waals surface area contributed by atoms with E-state index >= 15 is 0 Å². The molecular weight excluding hydrogens is 210 g/mol. The van der Waals surface area contributed by atoms with Crippen molar-refractivity contribution in [3.05, 3.63) is 42.1 Å². The fourth-order valence-corrected chi connectivity index (χ4v) is 1.82. The Kier molecular flexibility index (Phi) is 3.36. The van der Waals surface area contributed by atoms with Crippen molar-refractivity contribution in [1.82, 2.24) is 10.3 Å². The van der Waals surface area contributed by atoms with E-state index in [-0.39, 0.29) is 12.1 Å². The number of hydrogen-bond donors (Lipinski definition) is 1. The summed E-state index contributed by atoms with van der Waals surface area (Å²) in [4.78, 5) is 4.27. The van der Waals surface area contributed by atoms with Crippen LogP contribution in [0.1, 0.15) is 25.5 Å². The molecule has 1 aromatic carbocycles. The number of fused-ring (bicyclic) bond motifs is 1. The number of benzene rings is 1. The second-order valence-electron chi connectivity index (χ2n) is 4.34. The molecule has 1 atom stereocenters. The highest BCUT2D eigenvalue weighted by Crippen LogP contribution is 2.19. The highest BCUT2D eigenvalue weighted by Gasteiger charge is 2.11. The van der Waals surface area contributed by atoms with Gasteiger partial charge in [-0.2, -0.15) is 5.26 Å². The van der Waals surface area contributed by atoms with Crippen molar-refractivity contribution in [2.45, 2.75) is 25.9 Å². The van der Waals surface area contributed by atoms with Gasteiger partial charge in [-0.1, -0.05) is 12.1 Å². The smallest absolute Gasteiger partial charge is 0.121 e. The van der Waals surface area contributed by atoms with E-state index in [4.69, 9.17) is 0 Å². The maximum Gasteiger partial charge on any atom is 0.121 e. The molecule has 0 spiro atoms. The van der Waals surface area contributed by atoms with E-state index in [1.54, 1.807) is 6.20 Å². The first-order chi connectivity index (χ1) is 8.20. The van der Waals surface area contributed by atoms with Gasteiger partial charge in [0.25, 0.3) is 0 Å². The summed E-state index contributed by atoms with van der Waals surface area (Å²) in [6, 6.07) is 12.1. The average molecular weight is 225 g/mol. The lowest BCUT2D eigenvalue weighted by Gasteiger charge is -2.15. The molecule has 3 heteroatoms. The molecule has 0 amide bonds. The van der Waals surface area contributed by atoms with Gasteiger partial charge in [0.2, 0.25) is 0 Å². The van der Waals surface area contributed by atoms with Crippen LogP contribution in [0.3, 0.4) is 0 Å². The first kappa shape index (κ1) is 11.6. The Morgan fingerprint density at radius 2 is 2.12 bits per heavy atom. The molecule has 0 aliphatic carbocycles. The lowest BCUT2D eigenvalue weighted by atomic mass is 10.0. The van der Waals surface area contributed by atoms with Crippen LogP contribution in [0.15, 0.2) is 36.5 Å². The standard InChI is InChI=1S/C14H15N3/c1-10(2)17-14(9-15)12-5-6-13-11(8-12)4-3-7-16-13/h3-8,10,14,17H,1-2H3. The summed E-state index contributed by atoms with van der Waals surface area (Å²) in [5, 5.41) is 13.5. The molecule has 0 aliphatic rings. The summed E-state index contributed by atoms with van der Waals surface area (Å²) in [7, 11) is 0. The van der Waals surface area contributed by atoms with Crippen LogP contribution in [0.2, 0.25) is 0 Å². The van der Waals surface area contributed by atoms with Crippen LogP contribution in [0.25, 0.3) is 10.9 Å². The Bertz CT molecular complexity index is 555. The molecule has 17 heavy (non-hydrogen) atoms. The van der Waals surface area contributed by atoms with Gasteiger partial charge >= 0.3 is 0 Å². The molecule has 3 nitrogen and oxygen atoms in total. The lowest BCUT2D eigenvalue weighted by molar-refractivity contribution is 0.546. The van der Waals surface area contributed by atoms with Gasteiger partial charge < -0.3 is 0 Å². The zero-order valence-corrected chi connectivity index (χ0v) is 10.0. The molecule has 2 rings (SSSR count). The molecule has 0 saturated carbocycles. The van der Waals surface area contributed by atoms with Gasteiger partial charge in [0.15, 0.2) is 0 Å². The normalized spacial score (nSPS) is 12.6. The Hall–Kier alpha value is -1.92. The molecule has 1 heterocycles. The fraction of sp³-hybridized carbons (Fsp3) is 0.286. The van der Waals surface area contributed by atoms with Gasteiger partial charge in [-0.3, -0.25) is 10.3 Å². The zero-order valence-electron chi connectivity index (χ0n) is 10.0. The third-order valence-corrected chi connectivity index (χ3v) is 2.59. The number of aromatic nitrogens is 1. The third kappa shape index (κ3) is 2.61. The first-order valence-electron chi connectivity index (χ1n) is 5.71. The highest BCUT2D eigenvalue weighted by atomic mass is 14.9. The maximum atomic E-state index is 9.17. The summed E-state index contributed by atoms with van der Waals surface area (Å²) in [5.74, 6) is 0. The van der Waals surface area contributed by atoms with Crippen LogP contribution in [-0.4, -0.2) is 11.0 Å². The Balaban J connectivity index is 2.38. The van der Waals surface area contributed by atoms with Crippen LogP contribution >= 0.6 is 0 Å². The Morgan fingerprint density at radius 1 is 1.29 bits per heavy atom. The molecule has 0 bridgehead atoms. The second kappa shape index (κ2) is 4.94. The maximum absolute atomic E-state index is 9.17. The predicted octanol–water partition coefficient (Wildman–Crippen LogP) is 2.80. The molecule has 1 aromatic heterocycles. The van der Waals surface area contributed by atoms with Crippen molar-refractivity contribution >= 4 is 10.9 Å². The molecular formula is C14H15N3. The molecule has 86 valence electrons. The zero-order chi connectivity index (χ0) is 12.3. The molecule has 0 radical (unpaired) electrons. The van der Waals surface area contributed by atoms with Crippen LogP contribution in [0.4, 0.5) is 0 Å². The van der Waals surface area contributed by atoms with Crippen LogP contribution < -0.4 is 5.32 Å². The Morgan fingerprint density at radius 3 is 2.82 bits per heavy atom. The van der Waals surface area contributed by atoms with E-state index < -0.39 is 0 Å². The number of hydrogen-bond acceptors (Lipinski definition) is 3. The molecule has 0 fully saturated rings. The van der Waals surface area contributed by atoms with Gasteiger partial charge in [-0.25, -0.2) is 0 Å².